The molecule has 0 bridgehead atoms. The smallest absolute Gasteiger partial charge is 0.0898 e. The van der Waals surface area contributed by atoms with Crippen molar-refractivity contribution in [1.29, 1.82) is 0 Å². The van der Waals surface area contributed by atoms with Gasteiger partial charge in [-0.25, -0.2) is 4.98 Å². The first-order chi connectivity index (χ1) is 7.78. The molecule has 1 aromatic carbocycles. The summed E-state index contributed by atoms with van der Waals surface area (Å²) in [4.78, 5) is 5.70. The summed E-state index contributed by atoms with van der Waals surface area (Å²) in [5.41, 5.74) is 2.26. The normalized spacial score (nSPS) is 10.4. The van der Waals surface area contributed by atoms with Crippen molar-refractivity contribution in [3.8, 4) is 0 Å². The molecule has 1 heterocycles. The number of nitrogens with one attached hydrogen (secondary N) is 1. The van der Waals surface area contributed by atoms with E-state index in [-0.39, 0.29) is 0 Å². The molecule has 2 aromatic rings. The highest BCUT2D eigenvalue weighted by Gasteiger charge is 1.98. The fourth-order valence-corrected chi connectivity index (χ4v) is 2.49. The van der Waals surface area contributed by atoms with Crippen LogP contribution >= 0.6 is 23.1 Å². The van der Waals surface area contributed by atoms with Gasteiger partial charge in [0, 0.05) is 16.0 Å². The fraction of sp³-hybridized carbons (Fsp3) is 0.250. The lowest BCUT2D eigenvalue weighted by molar-refractivity contribution is 1.05. The van der Waals surface area contributed by atoms with Gasteiger partial charge in [-0.1, -0.05) is 6.07 Å². The van der Waals surface area contributed by atoms with Gasteiger partial charge in [-0.15, -0.1) is 23.1 Å². The van der Waals surface area contributed by atoms with E-state index in [9.17, 15) is 0 Å². The number of aromatic nitrogens is 1. The van der Waals surface area contributed by atoms with Gasteiger partial charge in [0.25, 0.3) is 0 Å². The Morgan fingerprint density at radius 1 is 1.44 bits per heavy atom. The van der Waals surface area contributed by atoms with Crippen LogP contribution in [0.2, 0.25) is 0 Å². The number of benzene rings is 1. The largest absolute Gasteiger partial charge is 0.379 e. The van der Waals surface area contributed by atoms with Crippen LogP contribution in [-0.2, 0) is 6.54 Å². The monoisotopic (exact) mass is 250 g/mol. The number of aryl methyl sites for hydroxylation is 1. The molecule has 0 saturated carbocycles. The Kier molecular flexibility index (Phi) is 3.85. The molecule has 1 N–H and O–H groups in total. The highest BCUT2D eigenvalue weighted by atomic mass is 32.2. The molecule has 0 aliphatic carbocycles. The molecule has 0 radical (unpaired) electrons. The standard InChI is InChI=1S/C12H14N2S2/c1-9-14-11(8-16-9)7-13-10-4-3-5-12(6-10)15-2/h3-6,8,13H,7H2,1-2H3. The third-order valence-electron chi connectivity index (χ3n) is 2.21. The molecule has 0 spiro atoms. The zero-order chi connectivity index (χ0) is 11.4. The molecule has 0 atom stereocenters. The van der Waals surface area contributed by atoms with Crippen LogP contribution in [0, 0.1) is 6.92 Å². The third-order valence-corrected chi connectivity index (χ3v) is 3.76. The molecular weight excluding hydrogens is 236 g/mol. The Bertz CT molecular complexity index is 466. The van der Waals surface area contributed by atoms with E-state index in [1.54, 1.807) is 23.1 Å². The van der Waals surface area contributed by atoms with Crippen LogP contribution in [0.15, 0.2) is 34.5 Å². The van der Waals surface area contributed by atoms with Crippen molar-refractivity contribution in [1.82, 2.24) is 4.98 Å². The van der Waals surface area contributed by atoms with Gasteiger partial charge in [0.15, 0.2) is 0 Å². The molecule has 1 aromatic heterocycles. The number of hydrogen-bond acceptors (Lipinski definition) is 4. The summed E-state index contributed by atoms with van der Waals surface area (Å²) >= 11 is 3.45. The van der Waals surface area contributed by atoms with Gasteiger partial charge in [0.05, 0.1) is 17.2 Å². The van der Waals surface area contributed by atoms with Crippen molar-refractivity contribution in [2.24, 2.45) is 0 Å². The number of hydrogen-bond donors (Lipinski definition) is 1. The summed E-state index contributed by atoms with van der Waals surface area (Å²) in [6.07, 6.45) is 2.09. The summed E-state index contributed by atoms with van der Waals surface area (Å²) in [7, 11) is 0. The van der Waals surface area contributed by atoms with E-state index in [0.29, 0.717) is 0 Å². The lowest BCUT2D eigenvalue weighted by atomic mass is 10.3. The van der Waals surface area contributed by atoms with E-state index in [1.165, 1.54) is 4.90 Å². The second kappa shape index (κ2) is 5.37. The van der Waals surface area contributed by atoms with Crippen molar-refractivity contribution < 1.29 is 0 Å². The summed E-state index contributed by atoms with van der Waals surface area (Å²) < 4.78 is 0. The molecule has 0 saturated heterocycles. The first kappa shape index (κ1) is 11.5. The maximum Gasteiger partial charge on any atom is 0.0898 e. The average molecular weight is 250 g/mol. The van der Waals surface area contributed by atoms with E-state index in [2.05, 4.69) is 46.2 Å². The second-order valence-electron chi connectivity index (χ2n) is 3.44. The van der Waals surface area contributed by atoms with E-state index in [1.807, 2.05) is 6.92 Å². The predicted molar refractivity (Wildman–Crippen MR) is 72.4 cm³/mol. The highest BCUT2D eigenvalue weighted by Crippen LogP contribution is 2.19. The predicted octanol–water partition coefficient (Wildman–Crippen LogP) is 3.79. The van der Waals surface area contributed by atoms with Crippen LogP contribution in [0.3, 0.4) is 0 Å². The summed E-state index contributed by atoms with van der Waals surface area (Å²) in [6.45, 7) is 2.82. The molecule has 2 rings (SSSR count). The summed E-state index contributed by atoms with van der Waals surface area (Å²) in [6, 6.07) is 8.42. The van der Waals surface area contributed by atoms with Crippen molar-refractivity contribution >= 4 is 28.8 Å². The van der Waals surface area contributed by atoms with Gasteiger partial charge in [-0.3, -0.25) is 0 Å². The second-order valence-corrected chi connectivity index (χ2v) is 5.39. The van der Waals surface area contributed by atoms with Gasteiger partial charge < -0.3 is 5.32 Å². The maximum absolute atomic E-state index is 4.42. The Morgan fingerprint density at radius 2 is 2.31 bits per heavy atom. The number of anilines is 1. The van der Waals surface area contributed by atoms with Crippen LogP contribution < -0.4 is 5.32 Å². The van der Waals surface area contributed by atoms with E-state index in [4.69, 9.17) is 0 Å². The minimum absolute atomic E-state index is 0.794. The zero-order valence-corrected chi connectivity index (χ0v) is 11.0. The van der Waals surface area contributed by atoms with Gasteiger partial charge in [-0.2, -0.15) is 0 Å². The Labute approximate surface area is 104 Å². The summed E-state index contributed by atoms with van der Waals surface area (Å²) in [5, 5.41) is 6.60. The lowest BCUT2D eigenvalue weighted by Gasteiger charge is -2.05. The minimum atomic E-state index is 0.794. The van der Waals surface area contributed by atoms with Crippen molar-refractivity contribution in [3.63, 3.8) is 0 Å². The maximum atomic E-state index is 4.42. The van der Waals surface area contributed by atoms with Crippen molar-refractivity contribution in [3.05, 3.63) is 40.3 Å². The Hall–Kier alpha value is -1.00. The summed E-state index contributed by atoms with van der Waals surface area (Å²) in [5.74, 6) is 0. The Morgan fingerprint density at radius 3 is 3.00 bits per heavy atom. The lowest BCUT2D eigenvalue weighted by Crippen LogP contribution is -1.99. The minimum Gasteiger partial charge on any atom is -0.379 e. The van der Waals surface area contributed by atoms with E-state index < -0.39 is 0 Å². The van der Waals surface area contributed by atoms with E-state index >= 15 is 0 Å². The number of nitrogens with zero attached hydrogens (tertiary/aromatic N) is 1. The highest BCUT2D eigenvalue weighted by molar-refractivity contribution is 7.98. The fourth-order valence-electron chi connectivity index (χ4n) is 1.42. The number of thioether (sulfide) groups is 1. The molecule has 0 aliphatic rings. The quantitative estimate of drug-likeness (QED) is 0.836. The van der Waals surface area contributed by atoms with E-state index in [0.717, 1.165) is 22.9 Å². The SMILES string of the molecule is CSc1cccc(NCc2csc(C)n2)c1. The Balaban J connectivity index is 1.99. The zero-order valence-electron chi connectivity index (χ0n) is 9.36. The molecule has 0 aliphatic heterocycles. The van der Waals surface area contributed by atoms with Crippen molar-refractivity contribution in [2.45, 2.75) is 18.4 Å². The van der Waals surface area contributed by atoms with Gasteiger partial charge in [0.2, 0.25) is 0 Å². The first-order valence-electron chi connectivity index (χ1n) is 5.07. The molecule has 84 valence electrons. The average Bonchev–Trinajstić information content (AvgIpc) is 2.73. The number of thiazole rings is 1. The van der Waals surface area contributed by atoms with Crippen LogP contribution in [0.1, 0.15) is 10.7 Å². The van der Waals surface area contributed by atoms with Gasteiger partial charge in [-0.05, 0) is 31.4 Å². The van der Waals surface area contributed by atoms with Gasteiger partial charge in [0.1, 0.15) is 0 Å². The molecule has 0 unspecified atom stereocenters. The number of rotatable bonds is 4. The molecule has 0 amide bonds. The molecule has 4 heteroatoms. The van der Waals surface area contributed by atoms with Crippen LogP contribution in [0.5, 0.6) is 0 Å². The molecule has 0 fully saturated rings. The van der Waals surface area contributed by atoms with Crippen LogP contribution in [0.4, 0.5) is 5.69 Å². The third kappa shape index (κ3) is 3.00. The van der Waals surface area contributed by atoms with Crippen molar-refractivity contribution in [2.75, 3.05) is 11.6 Å². The van der Waals surface area contributed by atoms with Crippen LogP contribution in [0.25, 0.3) is 0 Å². The molecular formula is C12H14N2S2. The van der Waals surface area contributed by atoms with Gasteiger partial charge >= 0.3 is 0 Å². The first-order valence-corrected chi connectivity index (χ1v) is 7.17. The van der Waals surface area contributed by atoms with Crippen LogP contribution in [-0.4, -0.2) is 11.2 Å². The molecule has 2 nitrogen and oxygen atoms in total. The molecule has 16 heavy (non-hydrogen) atoms. The topological polar surface area (TPSA) is 24.9 Å².